The summed E-state index contributed by atoms with van der Waals surface area (Å²) in [7, 11) is 0. The second-order valence-electron chi connectivity index (χ2n) is 6.89. The number of aromatic nitrogens is 2. The van der Waals surface area contributed by atoms with Gasteiger partial charge in [-0.3, -0.25) is 4.79 Å². The monoisotopic (exact) mass is 396 g/mol. The first kappa shape index (κ1) is 20.7. The highest BCUT2D eigenvalue weighted by molar-refractivity contribution is 5.92. The molecule has 2 aliphatic rings. The lowest BCUT2D eigenvalue weighted by atomic mass is 10.1. The number of amides is 1. The summed E-state index contributed by atoms with van der Waals surface area (Å²) >= 11 is 0. The standard InChI is InChI=1S/C19H24N4O.2ClH/c24-19(12-20-11-14-4-5-14)21-16-8-6-15(7-9-16)17-13-23-10-2-1-3-18(23)22-17;;/h6-9,13-14,20H,1-5,10-12H2,(H,21,24);2*1H. The fourth-order valence-corrected chi connectivity index (χ4v) is 3.19. The van der Waals surface area contributed by atoms with Gasteiger partial charge in [-0.2, -0.15) is 0 Å². The maximum atomic E-state index is 11.9. The molecule has 0 spiro atoms. The average Bonchev–Trinajstić information content (AvgIpc) is 3.31. The van der Waals surface area contributed by atoms with Gasteiger partial charge in [-0.1, -0.05) is 12.1 Å². The Morgan fingerprint density at radius 3 is 2.62 bits per heavy atom. The van der Waals surface area contributed by atoms with Gasteiger partial charge < -0.3 is 15.2 Å². The summed E-state index contributed by atoms with van der Waals surface area (Å²) in [5, 5.41) is 6.14. The van der Waals surface area contributed by atoms with Crippen LogP contribution in [0.4, 0.5) is 5.69 Å². The second kappa shape index (κ2) is 9.40. The van der Waals surface area contributed by atoms with Gasteiger partial charge in [-0.25, -0.2) is 4.98 Å². The van der Waals surface area contributed by atoms with Crippen molar-refractivity contribution in [2.24, 2.45) is 5.92 Å². The van der Waals surface area contributed by atoms with E-state index in [1.165, 1.54) is 31.5 Å². The summed E-state index contributed by atoms with van der Waals surface area (Å²) < 4.78 is 2.26. The van der Waals surface area contributed by atoms with Gasteiger partial charge in [0.1, 0.15) is 5.82 Å². The zero-order chi connectivity index (χ0) is 16.4. The number of carbonyl (C=O) groups is 1. The van der Waals surface area contributed by atoms with Crippen LogP contribution < -0.4 is 10.6 Å². The Hall–Kier alpha value is -1.56. The molecule has 0 saturated heterocycles. The van der Waals surface area contributed by atoms with Crippen LogP contribution in [0.15, 0.2) is 30.5 Å². The highest BCUT2D eigenvalue weighted by Gasteiger charge is 2.20. The van der Waals surface area contributed by atoms with Crippen LogP contribution in [0.25, 0.3) is 11.3 Å². The molecular formula is C19H26Cl2N4O. The number of nitrogens with zero attached hydrogens (tertiary/aromatic N) is 2. The topological polar surface area (TPSA) is 59.0 Å². The van der Waals surface area contributed by atoms with Crippen LogP contribution in [-0.4, -0.2) is 28.5 Å². The molecule has 1 saturated carbocycles. The van der Waals surface area contributed by atoms with Gasteiger partial charge in [-0.05, 0) is 50.3 Å². The molecule has 142 valence electrons. The molecule has 1 fully saturated rings. The summed E-state index contributed by atoms with van der Waals surface area (Å²) in [5.74, 6) is 1.99. The van der Waals surface area contributed by atoms with Gasteiger partial charge in [0.05, 0.1) is 12.2 Å². The number of aryl methyl sites for hydroxylation is 2. The van der Waals surface area contributed by atoms with Crippen molar-refractivity contribution < 1.29 is 4.79 Å². The normalized spacial score (nSPS) is 15.4. The number of hydrogen-bond donors (Lipinski definition) is 2. The van der Waals surface area contributed by atoms with Gasteiger partial charge in [0.2, 0.25) is 5.91 Å². The molecule has 1 aliphatic heterocycles. The molecular weight excluding hydrogens is 371 g/mol. The van der Waals surface area contributed by atoms with Crippen LogP contribution >= 0.6 is 24.8 Å². The third-order valence-corrected chi connectivity index (χ3v) is 4.79. The van der Waals surface area contributed by atoms with Gasteiger partial charge in [0.25, 0.3) is 0 Å². The van der Waals surface area contributed by atoms with Gasteiger partial charge in [0.15, 0.2) is 0 Å². The molecule has 1 aromatic carbocycles. The van der Waals surface area contributed by atoms with Crippen molar-refractivity contribution in [3.05, 3.63) is 36.3 Å². The third kappa shape index (κ3) is 5.22. The van der Waals surface area contributed by atoms with Crippen LogP contribution in [0.3, 0.4) is 0 Å². The molecule has 7 heteroatoms. The number of rotatable bonds is 6. The maximum Gasteiger partial charge on any atom is 0.238 e. The molecule has 2 heterocycles. The van der Waals surface area contributed by atoms with Crippen LogP contribution in [0.1, 0.15) is 31.5 Å². The number of fused-ring (bicyclic) bond motifs is 1. The van der Waals surface area contributed by atoms with E-state index < -0.39 is 0 Å². The molecule has 0 bridgehead atoms. The predicted octanol–water partition coefficient (Wildman–Crippen LogP) is 3.67. The third-order valence-electron chi connectivity index (χ3n) is 4.79. The zero-order valence-corrected chi connectivity index (χ0v) is 16.4. The van der Waals surface area contributed by atoms with E-state index in [9.17, 15) is 4.79 Å². The number of hydrogen-bond acceptors (Lipinski definition) is 3. The van der Waals surface area contributed by atoms with Crippen LogP contribution in [0.2, 0.25) is 0 Å². The van der Waals surface area contributed by atoms with Crippen molar-refractivity contribution in [2.75, 3.05) is 18.4 Å². The minimum Gasteiger partial charge on any atom is -0.334 e. The fourth-order valence-electron chi connectivity index (χ4n) is 3.19. The molecule has 0 radical (unpaired) electrons. The average molecular weight is 397 g/mol. The fraction of sp³-hybridized carbons (Fsp3) is 0.474. The van der Waals surface area contributed by atoms with Crippen molar-refractivity contribution in [1.82, 2.24) is 14.9 Å². The molecule has 26 heavy (non-hydrogen) atoms. The lowest BCUT2D eigenvalue weighted by Crippen LogP contribution is -2.29. The smallest absolute Gasteiger partial charge is 0.238 e. The first-order valence-corrected chi connectivity index (χ1v) is 8.95. The Kier molecular flexibility index (Phi) is 7.50. The van der Waals surface area contributed by atoms with E-state index in [2.05, 4.69) is 21.4 Å². The van der Waals surface area contributed by atoms with Gasteiger partial charge in [0, 0.05) is 30.4 Å². The van der Waals surface area contributed by atoms with Crippen LogP contribution in [0.5, 0.6) is 0 Å². The Labute approximate surface area is 166 Å². The Morgan fingerprint density at radius 1 is 1.15 bits per heavy atom. The molecule has 5 nitrogen and oxygen atoms in total. The number of benzene rings is 1. The lowest BCUT2D eigenvalue weighted by molar-refractivity contribution is -0.115. The summed E-state index contributed by atoms with van der Waals surface area (Å²) in [4.78, 5) is 16.7. The largest absolute Gasteiger partial charge is 0.334 e. The maximum absolute atomic E-state index is 11.9. The first-order valence-electron chi connectivity index (χ1n) is 8.95. The van der Waals surface area contributed by atoms with E-state index in [0.717, 1.165) is 42.4 Å². The summed E-state index contributed by atoms with van der Waals surface area (Å²) in [6.45, 7) is 2.41. The summed E-state index contributed by atoms with van der Waals surface area (Å²) in [6, 6.07) is 7.96. The molecule has 0 atom stereocenters. The van der Waals surface area contributed by atoms with E-state index in [1.54, 1.807) is 0 Å². The minimum absolute atomic E-state index is 0. The predicted molar refractivity (Wildman–Crippen MR) is 109 cm³/mol. The van der Waals surface area contributed by atoms with Crippen molar-refractivity contribution in [3.63, 3.8) is 0 Å². The number of anilines is 1. The summed E-state index contributed by atoms with van der Waals surface area (Å²) in [6.07, 6.45) is 8.28. The van der Waals surface area contributed by atoms with E-state index in [4.69, 9.17) is 4.98 Å². The van der Waals surface area contributed by atoms with E-state index in [0.29, 0.717) is 6.54 Å². The number of carbonyl (C=O) groups excluding carboxylic acids is 1. The molecule has 1 aliphatic carbocycles. The van der Waals surface area contributed by atoms with Crippen LogP contribution in [-0.2, 0) is 17.8 Å². The number of imidazole rings is 1. The van der Waals surface area contributed by atoms with Crippen molar-refractivity contribution in [3.8, 4) is 11.3 Å². The highest BCUT2D eigenvalue weighted by atomic mass is 35.5. The van der Waals surface area contributed by atoms with Crippen LogP contribution in [0, 0.1) is 5.92 Å². The molecule has 2 aromatic rings. The molecule has 1 amide bonds. The van der Waals surface area contributed by atoms with Gasteiger partial charge in [-0.15, -0.1) is 24.8 Å². The number of halogens is 2. The Bertz CT molecular complexity index is 702. The molecule has 2 N–H and O–H groups in total. The SMILES string of the molecule is Cl.Cl.O=C(CNCC1CC1)Nc1ccc(-c2cn3c(n2)CCCC3)cc1. The summed E-state index contributed by atoms with van der Waals surface area (Å²) in [5.41, 5.74) is 2.96. The van der Waals surface area contributed by atoms with Crippen molar-refractivity contribution >= 4 is 36.4 Å². The van der Waals surface area contributed by atoms with E-state index in [-0.39, 0.29) is 30.7 Å². The minimum atomic E-state index is 0. The lowest BCUT2D eigenvalue weighted by Gasteiger charge is -2.11. The highest BCUT2D eigenvalue weighted by Crippen LogP contribution is 2.27. The molecule has 1 aromatic heterocycles. The van der Waals surface area contributed by atoms with E-state index >= 15 is 0 Å². The zero-order valence-electron chi connectivity index (χ0n) is 14.7. The second-order valence-corrected chi connectivity index (χ2v) is 6.89. The Morgan fingerprint density at radius 2 is 1.92 bits per heavy atom. The first-order chi connectivity index (χ1) is 11.8. The molecule has 0 unspecified atom stereocenters. The van der Waals surface area contributed by atoms with Crippen molar-refractivity contribution in [2.45, 2.75) is 38.6 Å². The quantitative estimate of drug-likeness (QED) is 0.782. The van der Waals surface area contributed by atoms with Crippen molar-refractivity contribution in [1.29, 1.82) is 0 Å². The van der Waals surface area contributed by atoms with Gasteiger partial charge >= 0.3 is 0 Å². The molecule has 4 rings (SSSR count). The number of nitrogens with one attached hydrogen (secondary N) is 2. The van der Waals surface area contributed by atoms with E-state index in [1.807, 2.05) is 24.3 Å². The Balaban J connectivity index is 0.00000121.